The van der Waals surface area contributed by atoms with Gasteiger partial charge in [0, 0.05) is 6.20 Å². The molecule has 0 spiro atoms. The van der Waals surface area contributed by atoms with Gasteiger partial charge in [-0.25, -0.2) is 9.78 Å². The van der Waals surface area contributed by atoms with Crippen LogP contribution in [0.3, 0.4) is 0 Å². The third kappa shape index (κ3) is 2.96. The summed E-state index contributed by atoms with van der Waals surface area (Å²) in [5, 5.41) is 17.3. The van der Waals surface area contributed by atoms with Crippen molar-refractivity contribution in [3.8, 4) is 0 Å². The van der Waals surface area contributed by atoms with Gasteiger partial charge >= 0.3 is 11.9 Å². The van der Waals surface area contributed by atoms with E-state index in [-0.39, 0.29) is 10.6 Å². The molecule has 2 N–H and O–H groups in total. The lowest BCUT2D eigenvalue weighted by Gasteiger charge is -2.09. The summed E-state index contributed by atoms with van der Waals surface area (Å²) in [4.78, 5) is 25.6. The first-order valence-corrected chi connectivity index (χ1v) is 5.52. The maximum atomic E-state index is 10.9. The van der Waals surface area contributed by atoms with Crippen molar-refractivity contribution in [1.29, 1.82) is 0 Å². The number of hydrogen-bond acceptors (Lipinski definition) is 4. The van der Waals surface area contributed by atoms with Crippen LogP contribution in [0, 0.1) is 0 Å². The summed E-state index contributed by atoms with van der Waals surface area (Å²) in [7, 11) is 0. The number of aliphatic carboxylic acids is 1. The molecule has 0 bridgehead atoms. The molecule has 1 rings (SSSR count). The van der Waals surface area contributed by atoms with E-state index < -0.39 is 17.2 Å². The molecule has 6 heteroatoms. The standard InChI is InChI=1S/C10H11NO4S/c1-2-7(10(14)15)16-8-6(9(12)13)4-3-5-11-8/h3-5,7H,2H2,1H3,(H,12,13)(H,14,15)/t7-/m1/s1. The third-order valence-electron chi connectivity index (χ3n) is 1.90. The highest BCUT2D eigenvalue weighted by molar-refractivity contribution is 8.00. The van der Waals surface area contributed by atoms with Gasteiger partial charge in [-0.2, -0.15) is 0 Å². The van der Waals surface area contributed by atoms with Crippen molar-refractivity contribution in [2.75, 3.05) is 0 Å². The van der Waals surface area contributed by atoms with Crippen LogP contribution in [-0.2, 0) is 4.79 Å². The summed E-state index contributed by atoms with van der Waals surface area (Å²) in [5.41, 5.74) is 0.0344. The predicted octanol–water partition coefficient (Wildman–Crippen LogP) is 1.74. The number of rotatable bonds is 5. The maximum absolute atomic E-state index is 10.9. The Hall–Kier alpha value is -1.56. The zero-order valence-electron chi connectivity index (χ0n) is 8.58. The monoisotopic (exact) mass is 241 g/mol. The summed E-state index contributed by atoms with van der Waals surface area (Å²) in [6.45, 7) is 1.73. The van der Waals surface area contributed by atoms with Crippen LogP contribution in [0.5, 0.6) is 0 Å². The molecule has 0 saturated heterocycles. The average Bonchev–Trinajstić information content (AvgIpc) is 2.25. The quantitative estimate of drug-likeness (QED) is 0.763. The Balaban J connectivity index is 2.95. The minimum Gasteiger partial charge on any atom is -0.480 e. The second-order valence-corrected chi connectivity index (χ2v) is 4.21. The summed E-state index contributed by atoms with van der Waals surface area (Å²) in [5.74, 6) is -2.06. The van der Waals surface area contributed by atoms with Crippen LogP contribution in [-0.4, -0.2) is 32.4 Å². The number of carboxylic acid groups (broad SMARTS) is 2. The molecule has 1 atom stereocenters. The molecule has 0 unspecified atom stereocenters. The number of thioether (sulfide) groups is 1. The highest BCUT2D eigenvalue weighted by Crippen LogP contribution is 2.26. The van der Waals surface area contributed by atoms with Crippen LogP contribution in [0.15, 0.2) is 23.4 Å². The van der Waals surface area contributed by atoms with Crippen molar-refractivity contribution in [3.63, 3.8) is 0 Å². The molecular weight excluding hydrogens is 230 g/mol. The van der Waals surface area contributed by atoms with Crippen LogP contribution < -0.4 is 0 Å². The van der Waals surface area contributed by atoms with E-state index in [9.17, 15) is 9.59 Å². The van der Waals surface area contributed by atoms with E-state index in [0.29, 0.717) is 6.42 Å². The Morgan fingerprint density at radius 1 is 1.50 bits per heavy atom. The lowest BCUT2D eigenvalue weighted by Crippen LogP contribution is -2.16. The van der Waals surface area contributed by atoms with Crippen molar-refractivity contribution >= 4 is 23.7 Å². The van der Waals surface area contributed by atoms with E-state index in [2.05, 4.69) is 4.98 Å². The Labute approximate surface area is 96.5 Å². The van der Waals surface area contributed by atoms with Gasteiger partial charge in [-0.15, -0.1) is 0 Å². The number of nitrogens with zero attached hydrogens (tertiary/aromatic N) is 1. The number of hydrogen-bond donors (Lipinski definition) is 2. The lowest BCUT2D eigenvalue weighted by atomic mass is 10.3. The SMILES string of the molecule is CC[C@@H](Sc1ncccc1C(=O)O)C(=O)O. The van der Waals surface area contributed by atoms with Crippen molar-refractivity contribution in [3.05, 3.63) is 23.9 Å². The molecule has 16 heavy (non-hydrogen) atoms. The Bertz CT molecular complexity index is 408. The van der Waals surface area contributed by atoms with E-state index in [1.54, 1.807) is 6.92 Å². The van der Waals surface area contributed by atoms with Crippen molar-refractivity contribution < 1.29 is 19.8 Å². The first-order chi connectivity index (χ1) is 7.56. The maximum Gasteiger partial charge on any atom is 0.338 e. The smallest absolute Gasteiger partial charge is 0.338 e. The number of aromatic carboxylic acids is 1. The fourth-order valence-electron chi connectivity index (χ4n) is 1.09. The van der Waals surface area contributed by atoms with Gasteiger partial charge in [0.05, 0.1) is 5.56 Å². The van der Waals surface area contributed by atoms with Crippen LogP contribution >= 0.6 is 11.8 Å². The van der Waals surface area contributed by atoms with E-state index >= 15 is 0 Å². The Morgan fingerprint density at radius 3 is 2.69 bits per heavy atom. The van der Waals surface area contributed by atoms with E-state index in [1.807, 2.05) is 0 Å². The van der Waals surface area contributed by atoms with Gasteiger partial charge in [0.25, 0.3) is 0 Å². The van der Waals surface area contributed by atoms with Gasteiger partial charge in [0.1, 0.15) is 10.3 Å². The van der Waals surface area contributed by atoms with E-state index in [0.717, 1.165) is 11.8 Å². The molecule has 5 nitrogen and oxygen atoms in total. The molecule has 86 valence electrons. The molecule has 0 fully saturated rings. The summed E-state index contributed by atoms with van der Waals surface area (Å²) in [6.07, 6.45) is 1.86. The second kappa shape index (κ2) is 5.50. The van der Waals surface area contributed by atoms with Crippen LogP contribution in [0.1, 0.15) is 23.7 Å². The molecular formula is C10H11NO4S. The van der Waals surface area contributed by atoms with Gasteiger partial charge in [0.2, 0.25) is 0 Å². The summed E-state index contributed by atoms with van der Waals surface area (Å²) < 4.78 is 0. The molecule has 0 aromatic carbocycles. The van der Waals surface area contributed by atoms with Gasteiger partial charge in [0.15, 0.2) is 0 Å². The molecule has 0 aliphatic heterocycles. The third-order valence-corrected chi connectivity index (χ3v) is 3.27. The first kappa shape index (κ1) is 12.5. The molecule has 0 amide bonds. The molecule has 1 heterocycles. The fraction of sp³-hybridized carbons (Fsp3) is 0.300. The zero-order valence-corrected chi connectivity index (χ0v) is 9.40. The normalized spacial score (nSPS) is 12.1. The van der Waals surface area contributed by atoms with Crippen molar-refractivity contribution in [2.24, 2.45) is 0 Å². The van der Waals surface area contributed by atoms with Crippen molar-refractivity contribution in [2.45, 2.75) is 23.6 Å². The van der Waals surface area contributed by atoms with Gasteiger partial charge < -0.3 is 10.2 Å². The molecule has 0 aliphatic rings. The zero-order chi connectivity index (χ0) is 12.1. The van der Waals surface area contributed by atoms with E-state index in [1.165, 1.54) is 18.3 Å². The lowest BCUT2D eigenvalue weighted by molar-refractivity contribution is -0.136. The highest BCUT2D eigenvalue weighted by atomic mass is 32.2. The molecule has 0 radical (unpaired) electrons. The molecule has 1 aromatic heterocycles. The summed E-state index contributed by atoms with van der Waals surface area (Å²) in [6, 6.07) is 2.92. The van der Waals surface area contributed by atoms with Crippen LogP contribution in [0.25, 0.3) is 0 Å². The van der Waals surface area contributed by atoms with Crippen molar-refractivity contribution in [1.82, 2.24) is 4.98 Å². The first-order valence-electron chi connectivity index (χ1n) is 4.64. The van der Waals surface area contributed by atoms with E-state index in [4.69, 9.17) is 10.2 Å². The Kier molecular flexibility index (Phi) is 4.30. The summed E-state index contributed by atoms with van der Waals surface area (Å²) >= 11 is 0.960. The molecule has 0 aliphatic carbocycles. The largest absolute Gasteiger partial charge is 0.480 e. The van der Waals surface area contributed by atoms with Crippen LogP contribution in [0.4, 0.5) is 0 Å². The van der Waals surface area contributed by atoms with Crippen LogP contribution in [0.2, 0.25) is 0 Å². The number of carboxylic acids is 2. The van der Waals surface area contributed by atoms with Gasteiger partial charge in [-0.1, -0.05) is 18.7 Å². The molecule has 0 saturated carbocycles. The predicted molar refractivity (Wildman–Crippen MR) is 58.8 cm³/mol. The van der Waals surface area contributed by atoms with Gasteiger partial charge in [-0.3, -0.25) is 4.79 Å². The van der Waals surface area contributed by atoms with Gasteiger partial charge in [-0.05, 0) is 18.6 Å². The number of pyridine rings is 1. The average molecular weight is 241 g/mol. The fourth-order valence-corrected chi connectivity index (χ4v) is 2.03. The topological polar surface area (TPSA) is 87.5 Å². The minimum absolute atomic E-state index is 0.0344. The second-order valence-electron chi connectivity index (χ2n) is 3.01. The minimum atomic E-state index is -1.10. The number of aromatic nitrogens is 1. The molecule has 1 aromatic rings. The Morgan fingerprint density at radius 2 is 2.19 bits per heavy atom. The highest BCUT2D eigenvalue weighted by Gasteiger charge is 2.20. The number of carbonyl (C=O) groups is 2.